The molecule has 4 heteroatoms. The smallest absolute Gasteiger partial charge is 0.309 e. The van der Waals surface area contributed by atoms with Crippen LogP contribution < -0.4 is 0 Å². The molecule has 0 fully saturated rings. The Labute approximate surface area is 132 Å². The lowest BCUT2D eigenvalue weighted by Gasteiger charge is -2.29. The van der Waals surface area contributed by atoms with Crippen molar-refractivity contribution < 1.29 is 14.6 Å². The molecular formula is C17H17BrO3. The van der Waals surface area contributed by atoms with E-state index in [0.717, 1.165) is 4.47 Å². The van der Waals surface area contributed by atoms with Crippen molar-refractivity contribution in [3.05, 3.63) is 70.2 Å². The van der Waals surface area contributed by atoms with Crippen LogP contribution in [0.15, 0.2) is 59.1 Å². The van der Waals surface area contributed by atoms with Gasteiger partial charge in [-0.15, -0.1) is 0 Å². The van der Waals surface area contributed by atoms with Crippen LogP contribution >= 0.6 is 15.9 Å². The van der Waals surface area contributed by atoms with E-state index >= 15 is 0 Å². The molecule has 2 aromatic carbocycles. The van der Waals surface area contributed by atoms with Crippen LogP contribution in [0, 0.1) is 0 Å². The molecule has 0 heterocycles. The van der Waals surface area contributed by atoms with Crippen LogP contribution in [0.5, 0.6) is 0 Å². The van der Waals surface area contributed by atoms with Gasteiger partial charge in [-0.1, -0.05) is 64.5 Å². The maximum Gasteiger partial charge on any atom is 0.309 e. The van der Waals surface area contributed by atoms with Gasteiger partial charge < -0.3 is 9.84 Å². The first kappa shape index (κ1) is 15.7. The Balaban J connectivity index is 2.49. The zero-order valence-corrected chi connectivity index (χ0v) is 13.3. The quantitative estimate of drug-likeness (QED) is 0.839. The summed E-state index contributed by atoms with van der Waals surface area (Å²) in [7, 11) is 0. The number of aliphatic hydroxyl groups is 1. The minimum Gasteiger partial charge on any atom is -0.466 e. The van der Waals surface area contributed by atoms with Gasteiger partial charge in [-0.05, 0) is 18.6 Å². The van der Waals surface area contributed by atoms with E-state index in [9.17, 15) is 9.90 Å². The van der Waals surface area contributed by atoms with Gasteiger partial charge in [0.1, 0.15) is 5.60 Å². The first-order valence-electron chi connectivity index (χ1n) is 6.76. The molecular weight excluding hydrogens is 332 g/mol. The highest BCUT2D eigenvalue weighted by molar-refractivity contribution is 9.10. The number of esters is 1. The predicted molar refractivity (Wildman–Crippen MR) is 84.8 cm³/mol. The Morgan fingerprint density at radius 1 is 1.14 bits per heavy atom. The average molecular weight is 349 g/mol. The van der Waals surface area contributed by atoms with E-state index in [0.29, 0.717) is 17.7 Å². The van der Waals surface area contributed by atoms with Crippen LogP contribution in [-0.4, -0.2) is 17.7 Å². The van der Waals surface area contributed by atoms with Gasteiger partial charge in [-0.3, -0.25) is 4.79 Å². The molecule has 0 aliphatic rings. The van der Waals surface area contributed by atoms with Crippen LogP contribution in [0.4, 0.5) is 0 Å². The van der Waals surface area contributed by atoms with Crippen LogP contribution in [0.1, 0.15) is 24.5 Å². The minimum atomic E-state index is -1.42. The van der Waals surface area contributed by atoms with Crippen molar-refractivity contribution in [2.24, 2.45) is 0 Å². The van der Waals surface area contributed by atoms with Gasteiger partial charge >= 0.3 is 5.97 Å². The Morgan fingerprint density at radius 2 is 1.76 bits per heavy atom. The first-order valence-corrected chi connectivity index (χ1v) is 7.55. The van der Waals surface area contributed by atoms with Gasteiger partial charge in [0, 0.05) is 10.0 Å². The van der Waals surface area contributed by atoms with Crippen LogP contribution in [0.2, 0.25) is 0 Å². The Hall–Kier alpha value is -1.65. The number of carbonyl (C=O) groups excluding carboxylic acids is 1. The summed E-state index contributed by atoms with van der Waals surface area (Å²) in [5, 5.41) is 11.2. The summed E-state index contributed by atoms with van der Waals surface area (Å²) in [4.78, 5) is 11.9. The standard InChI is InChI=1S/C17H17BrO3/c1-2-21-16(19)12-17(20,13-8-4-3-5-9-13)14-10-6-7-11-15(14)18/h3-11,20H,2,12H2,1H3. The third-order valence-corrected chi connectivity index (χ3v) is 3.97. The van der Waals surface area contributed by atoms with E-state index in [1.165, 1.54) is 0 Å². The molecule has 2 rings (SSSR count). The normalized spacial score (nSPS) is 13.5. The van der Waals surface area contributed by atoms with Crippen LogP contribution in [0.25, 0.3) is 0 Å². The van der Waals surface area contributed by atoms with Crippen LogP contribution in [-0.2, 0) is 15.1 Å². The topological polar surface area (TPSA) is 46.5 Å². The Bertz CT molecular complexity index is 612. The van der Waals surface area contributed by atoms with E-state index < -0.39 is 11.6 Å². The third kappa shape index (κ3) is 3.52. The van der Waals surface area contributed by atoms with E-state index in [1.807, 2.05) is 36.4 Å². The van der Waals surface area contributed by atoms with E-state index in [1.54, 1.807) is 25.1 Å². The highest BCUT2D eigenvalue weighted by Gasteiger charge is 2.36. The molecule has 0 aromatic heterocycles. The van der Waals surface area contributed by atoms with Gasteiger partial charge in [-0.25, -0.2) is 0 Å². The molecule has 3 nitrogen and oxygen atoms in total. The maximum atomic E-state index is 11.9. The van der Waals surface area contributed by atoms with Crippen molar-refractivity contribution in [1.29, 1.82) is 0 Å². The highest BCUT2D eigenvalue weighted by Crippen LogP contribution is 2.37. The predicted octanol–water partition coefficient (Wildman–Crippen LogP) is 3.64. The van der Waals surface area contributed by atoms with Gasteiger partial charge in [0.2, 0.25) is 0 Å². The molecule has 110 valence electrons. The highest BCUT2D eigenvalue weighted by atomic mass is 79.9. The second-order valence-electron chi connectivity index (χ2n) is 4.69. The fraction of sp³-hybridized carbons (Fsp3) is 0.235. The monoisotopic (exact) mass is 348 g/mol. The number of rotatable bonds is 5. The fourth-order valence-electron chi connectivity index (χ4n) is 2.28. The van der Waals surface area contributed by atoms with Crippen molar-refractivity contribution in [2.45, 2.75) is 18.9 Å². The van der Waals surface area contributed by atoms with Gasteiger partial charge in [0.05, 0.1) is 13.0 Å². The minimum absolute atomic E-state index is 0.131. The maximum absolute atomic E-state index is 11.9. The molecule has 21 heavy (non-hydrogen) atoms. The van der Waals surface area contributed by atoms with Crippen LogP contribution in [0.3, 0.4) is 0 Å². The number of hydrogen-bond donors (Lipinski definition) is 1. The molecule has 2 aromatic rings. The van der Waals surface area contributed by atoms with E-state index in [-0.39, 0.29) is 6.42 Å². The summed E-state index contributed by atoms with van der Waals surface area (Å²) in [5.41, 5.74) is -0.123. The molecule has 1 unspecified atom stereocenters. The van der Waals surface area contributed by atoms with Crippen molar-refractivity contribution in [3.63, 3.8) is 0 Å². The second-order valence-corrected chi connectivity index (χ2v) is 5.54. The fourth-order valence-corrected chi connectivity index (χ4v) is 2.90. The zero-order valence-electron chi connectivity index (χ0n) is 11.8. The lowest BCUT2D eigenvalue weighted by Crippen LogP contribution is -2.31. The average Bonchev–Trinajstić information content (AvgIpc) is 2.48. The molecule has 0 aliphatic heterocycles. The molecule has 1 atom stereocenters. The molecule has 0 saturated carbocycles. The molecule has 0 radical (unpaired) electrons. The van der Waals surface area contributed by atoms with Crippen molar-refractivity contribution in [2.75, 3.05) is 6.61 Å². The SMILES string of the molecule is CCOC(=O)CC(O)(c1ccccc1)c1ccccc1Br. The van der Waals surface area contributed by atoms with E-state index in [2.05, 4.69) is 15.9 Å². The number of carbonyl (C=O) groups is 1. The summed E-state index contributed by atoms with van der Waals surface area (Å²) >= 11 is 3.45. The summed E-state index contributed by atoms with van der Waals surface area (Å²) in [6.45, 7) is 2.04. The van der Waals surface area contributed by atoms with Gasteiger partial charge in [-0.2, -0.15) is 0 Å². The van der Waals surface area contributed by atoms with E-state index in [4.69, 9.17) is 4.74 Å². The first-order chi connectivity index (χ1) is 10.1. The second kappa shape index (κ2) is 6.87. The molecule has 0 saturated heterocycles. The molecule has 0 amide bonds. The van der Waals surface area contributed by atoms with Crippen molar-refractivity contribution in [1.82, 2.24) is 0 Å². The van der Waals surface area contributed by atoms with Crippen molar-refractivity contribution in [3.8, 4) is 0 Å². The molecule has 0 spiro atoms. The summed E-state index contributed by atoms with van der Waals surface area (Å²) < 4.78 is 5.76. The van der Waals surface area contributed by atoms with Gasteiger partial charge in [0.25, 0.3) is 0 Å². The molecule has 1 N–H and O–H groups in total. The van der Waals surface area contributed by atoms with Gasteiger partial charge in [0.15, 0.2) is 0 Å². The summed E-state index contributed by atoms with van der Waals surface area (Å²) in [6, 6.07) is 16.5. The Kier molecular flexibility index (Phi) is 5.15. The summed E-state index contributed by atoms with van der Waals surface area (Å²) in [6.07, 6.45) is -0.131. The number of halogens is 1. The lowest BCUT2D eigenvalue weighted by molar-refractivity contribution is -0.147. The zero-order chi connectivity index (χ0) is 15.3. The van der Waals surface area contributed by atoms with Crippen molar-refractivity contribution >= 4 is 21.9 Å². The number of benzene rings is 2. The summed E-state index contributed by atoms with van der Waals surface area (Å²) in [5.74, 6) is -0.431. The third-order valence-electron chi connectivity index (χ3n) is 3.28. The molecule has 0 aliphatic carbocycles. The number of hydrogen-bond acceptors (Lipinski definition) is 3. The molecule has 0 bridgehead atoms. The largest absolute Gasteiger partial charge is 0.466 e. The lowest BCUT2D eigenvalue weighted by atomic mass is 9.83. The Morgan fingerprint density at radius 3 is 2.38 bits per heavy atom. The number of ether oxygens (including phenoxy) is 1.